The van der Waals surface area contributed by atoms with Crippen LogP contribution in [-0.4, -0.2) is 5.78 Å². The molecule has 0 unspecified atom stereocenters. The molecule has 0 bridgehead atoms. The number of ketones is 1. The Bertz CT molecular complexity index is 72.2. The van der Waals surface area contributed by atoms with E-state index in [1.54, 1.807) is 6.92 Å². The van der Waals surface area contributed by atoms with E-state index >= 15 is 0 Å². The van der Waals surface area contributed by atoms with Crippen molar-refractivity contribution < 1.29 is 34.4 Å². The van der Waals surface area contributed by atoms with Crippen molar-refractivity contribution in [3.8, 4) is 0 Å². The fraction of sp³-hybridized carbons (Fsp3) is 0.700. The van der Waals surface area contributed by atoms with Crippen LogP contribution in [0.5, 0.6) is 0 Å². The van der Waals surface area contributed by atoms with Gasteiger partial charge in [-0.05, 0) is 13.3 Å². The van der Waals surface area contributed by atoms with Gasteiger partial charge in [-0.25, -0.2) is 0 Å². The van der Waals surface area contributed by atoms with Crippen LogP contribution in [0.3, 0.4) is 0 Å². The number of carbonyl (C=O) groups is 1. The molecule has 0 aliphatic heterocycles. The summed E-state index contributed by atoms with van der Waals surface area (Å²) in [7, 11) is 0. The summed E-state index contributed by atoms with van der Waals surface area (Å²) in [5.74, 6) is 0.307. The number of carbonyl (C=O) groups excluding carboxylic acids is 1. The summed E-state index contributed by atoms with van der Waals surface area (Å²) in [6.45, 7) is 9.22. The van der Waals surface area contributed by atoms with Crippen LogP contribution in [0.2, 0.25) is 0 Å². The summed E-state index contributed by atoms with van der Waals surface area (Å²) in [5.41, 5.74) is 0. The maximum absolute atomic E-state index is 10.2. The Labute approximate surface area is 101 Å². The van der Waals surface area contributed by atoms with Gasteiger partial charge in [0.05, 0.1) is 0 Å². The second-order valence-corrected chi connectivity index (χ2v) is 2.31. The fourth-order valence-electron chi connectivity index (χ4n) is 0.426. The predicted molar refractivity (Wildman–Crippen MR) is 52.3 cm³/mol. The van der Waals surface area contributed by atoms with Crippen LogP contribution in [0.1, 0.15) is 46.5 Å². The van der Waals surface area contributed by atoms with Gasteiger partial charge in [0.2, 0.25) is 0 Å². The van der Waals surface area contributed by atoms with Gasteiger partial charge in [-0.15, -0.1) is 0 Å². The van der Waals surface area contributed by atoms with Gasteiger partial charge in [-0.1, -0.05) is 20.3 Å². The van der Waals surface area contributed by atoms with E-state index in [0.717, 1.165) is 25.7 Å². The van der Waals surface area contributed by atoms with Gasteiger partial charge in [0.1, 0.15) is 5.78 Å². The molecule has 0 N–H and O–H groups in total. The van der Waals surface area contributed by atoms with Crippen molar-refractivity contribution in [2.45, 2.75) is 46.5 Å². The maximum atomic E-state index is 10.2. The minimum absolute atomic E-state index is 0. The Morgan fingerprint density at radius 3 is 1.75 bits per heavy atom. The zero-order chi connectivity index (χ0) is 8.41. The van der Waals surface area contributed by atoms with Crippen molar-refractivity contribution in [1.29, 1.82) is 0 Å². The SMILES string of the molecule is CCCCC(C)=O.[CH2-]CC.[CH3-].[Na+]. The molecule has 0 saturated heterocycles. The second-order valence-electron chi connectivity index (χ2n) is 2.31. The van der Waals surface area contributed by atoms with Crippen LogP contribution < -0.4 is 29.6 Å². The molecule has 0 aromatic carbocycles. The molecule has 0 atom stereocenters. The first-order chi connectivity index (χ1) is 4.68. The normalized spacial score (nSPS) is 6.67. The number of Topliss-reactive ketones (excluding diaryl/α,β-unsaturated/α-hetero) is 1. The topological polar surface area (TPSA) is 17.1 Å². The van der Waals surface area contributed by atoms with E-state index in [1.807, 2.05) is 6.92 Å². The first kappa shape index (κ1) is 23.0. The van der Waals surface area contributed by atoms with E-state index in [9.17, 15) is 4.79 Å². The standard InChI is InChI=1S/C6H12O.C3H7.CH3.Na/c1-3-4-5-6(2)7;1-3-2;;/h3-5H2,1-2H3;1,3H2,2H3;1H3;/q;2*-1;+1. The van der Waals surface area contributed by atoms with Crippen LogP contribution in [-0.2, 0) is 4.79 Å². The molecule has 70 valence electrons. The molecule has 0 fully saturated rings. The van der Waals surface area contributed by atoms with Crippen molar-refractivity contribution in [3.05, 3.63) is 14.4 Å². The van der Waals surface area contributed by atoms with Crippen molar-refractivity contribution in [2.24, 2.45) is 0 Å². The van der Waals surface area contributed by atoms with Gasteiger partial charge in [0.25, 0.3) is 0 Å². The Kier molecular flexibility index (Phi) is 43.2. The Hall–Kier alpha value is 0.670. The predicted octanol–water partition coefficient (Wildman–Crippen LogP) is 0.450. The van der Waals surface area contributed by atoms with Crippen molar-refractivity contribution in [1.82, 2.24) is 0 Å². The van der Waals surface area contributed by atoms with Gasteiger partial charge < -0.3 is 19.1 Å². The summed E-state index contributed by atoms with van der Waals surface area (Å²) < 4.78 is 0. The molecule has 0 aliphatic rings. The van der Waals surface area contributed by atoms with Crippen molar-refractivity contribution in [2.75, 3.05) is 0 Å². The van der Waals surface area contributed by atoms with Crippen LogP contribution >= 0.6 is 0 Å². The summed E-state index contributed by atoms with van der Waals surface area (Å²) >= 11 is 0. The van der Waals surface area contributed by atoms with E-state index in [-0.39, 0.29) is 37.0 Å². The third-order valence-electron chi connectivity index (χ3n) is 0.882. The molecule has 0 amide bonds. The average Bonchev–Trinajstić information content (AvgIpc) is 1.85. The molecule has 0 radical (unpaired) electrons. The molecular weight excluding hydrogens is 159 g/mol. The van der Waals surface area contributed by atoms with Crippen LogP contribution in [0.4, 0.5) is 0 Å². The van der Waals surface area contributed by atoms with Gasteiger partial charge in [0, 0.05) is 6.42 Å². The molecule has 0 aliphatic carbocycles. The number of hydrogen-bond acceptors (Lipinski definition) is 1. The largest absolute Gasteiger partial charge is 1.00 e. The smallest absolute Gasteiger partial charge is 0.358 e. The zero-order valence-electron chi connectivity index (χ0n) is 9.44. The minimum atomic E-state index is 0. The number of rotatable bonds is 3. The van der Waals surface area contributed by atoms with Crippen LogP contribution in [0.25, 0.3) is 0 Å². The molecule has 0 heterocycles. The van der Waals surface area contributed by atoms with Crippen molar-refractivity contribution in [3.63, 3.8) is 0 Å². The third-order valence-corrected chi connectivity index (χ3v) is 0.882. The van der Waals surface area contributed by atoms with Gasteiger partial charge >= 0.3 is 29.6 Å². The van der Waals surface area contributed by atoms with E-state index in [1.165, 1.54) is 0 Å². The first-order valence-corrected chi connectivity index (χ1v) is 3.97. The summed E-state index contributed by atoms with van der Waals surface area (Å²) in [4.78, 5) is 10.2. The molecule has 0 saturated carbocycles. The summed E-state index contributed by atoms with van der Waals surface area (Å²) in [5, 5.41) is 0. The molecule has 0 aromatic heterocycles. The quantitative estimate of drug-likeness (QED) is 0.456. The first-order valence-electron chi connectivity index (χ1n) is 3.97. The molecule has 12 heavy (non-hydrogen) atoms. The van der Waals surface area contributed by atoms with E-state index in [0.29, 0.717) is 5.78 Å². The van der Waals surface area contributed by atoms with Crippen LogP contribution in [0.15, 0.2) is 0 Å². The molecular formula is C10H22NaO-. The Morgan fingerprint density at radius 2 is 1.67 bits per heavy atom. The maximum Gasteiger partial charge on any atom is 1.00 e. The molecule has 0 aromatic rings. The zero-order valence-corrected chi connectivity index (χ0v) is 11.4. The molecule has 1 nitrogen and oxygen atoms in total. The monoisotopic (exact) mass is 181 g/mol. The van der Waals surface area contributed by atoms with Gasteiger partial charge in [0.15, 0.2) is 0 Å². The fourth-order valence-corrected chi connectivity index (χ4v) is 0.426. The molecule has 2 heteroatoms. The summed E-state index contributed by atoms with van der Waals surface area (Å²) in [6.07, 6.45) is 3.94. The Morgan fingerprint density at radius 1 is 1.33 bits per heavy atom. The molecule has 0 spiro atoms. The number of hydrogen-bond donors (Lipinski definition) is 0. The molecule has 0 rings (SSSR count). The Balaban J connectivity index is -0.0000000569. The van der Waals surface area contributed by atoms with Crippen LogP contribution in [0, 0.1) is 14.4 Å². The van der Waals surface area contributed by atoms with E-state index in [2.05, 4.69) is 13.8 Å². The third kappa shape index (κ3) is 45.7. The van der Waals surface area contributed by atoms with Crippen molar-refractivity contribution >= 4 is 5.78 Å². The van der Waals surface area contributed by atoms with E-state index < -0.39 is 0 Å². The van der Waals surface area contributed by atoms with Gasteiger partial charge in [-0.3, -0.25) is 0 Å². The van der Waals surface area contributed by atoms with E-state index in [4.69, 9.17) is 0 Å². The van der Waals surface area contributed by atoms with Gasteiger partial charge in [-0.2, -0.15) is 6.42 Å². The number of unbranched alkanes of at least 4 members (excludes halogenated alkanes) is 1. The minimum Gasteiger partial charge on any atom is -0.358 e. The second kappa shape index (κ2) is 22.6. The average molecular weight is 181 g/mol. The summed E-state index contributed by atoms with van der Waals surface area (Å²) in [6, 6.07) is 0.